The second-order valence-corrected chi connectivity index (χ2v) is 2.29. The molecule has 0 aliphatic rings. The van der Waals surface area contributed by atoms with Crippen molar-refractivity contribution in [3.63, 3.8) is 0 Å². The van der Waals surface area contributed by atoms with Gasteiger partial charge in [-0.05, 0) is 17.7 Å². The molecule has 3 heteroatoms. The highest BCUT2D eigenvalue weighted by atomic mass is 19.1. The fourth-order valence-corrected chi connectivity index (χ4v) is 0.806. The molecule has 0 unspecified atom stereocenters. The minimum Gasteiger partial charge on any atom is -0.210 e. The Balaban J connectivity index is 2.61. The van der Waals surface area contributed by atoms with Crippen molar-refractivity contribution in [2.45, 2.75) is 6.42 Å². The van der Waals surface area contributed by atoms with Gasteiger partial charge < -0.3 is 0 Å². The van der Waals surface area contributed by atoms with E-state index in [0.717, 1.165) is 5.56 Å². The standard InChI is InChI=1S/C10H6FNO/c11-10-5-3-9(4-6-10)2-1-7-12-8-13/h3-6H,2H2. The Morgan fingerprint density at radius 3 is 2.62 bits per heavy atom. The first-order valence-electron chi connectivity index (χ1n) is 3.62. The van der Waals surface area contributed by atoms with E-state index in [2.05, 4.69) is 17.0 Å². The Morgan fingerprint density at radius 1 is 1.31 bits per heavy atom. The molecule has 0 atom stereocenters. The maximum Gasteiger partial charge on any atom is 0.249 e. The Hall–Kier alpha value is -1.91. The van der Waals surface area contributed by atoms with Gasteiger partial charge >= 0.3 is 0 Å². The predicted octanol–water partition coefficient (Wildman–Crippen LogP) is 1.66. The van der Waals surface area contributed by atoms with Crippen LogP contribution < -0.4 is 0 Å². The van der Waals surface area contributed by atoms with Crippen LogP contribution in [0.4, 0.5) is 4.39 Å². The van der Waals surface area contributed by atoms with Crippen LogP contribution in [0, 0.1) is 17.8 Å². The van der Waals surface area contributed by atoms with Crippen molar-refractivity contribution in [2.24, 2.45) is 4.99 Å². The van der Waals surface area contributed by atoms with Crippen LogP contribution >= 0.6 is 0 Å². The van der Waals surface area contributed by atoms with Crippen molar-refractivity contribution < 1.29 is 9.18 Å². The van der Waals surface area contributed by atoms with Crippen LogP contribution in [-0.4, -0.2) is 6.08 Å². The van der Waals surface area contributed by atoms with Crippen molar-refractivity contribution in [3.8, 4) is 12.0 Å². The molecular formula is C10H6FNO. The van der Waals surface area contributed by atoms with Crippen LogP contribution in [0.1, 0.15) is 5.56 Å². The van der Waals surface area contributed by atoms with Crippen LogP contribution in [0.5, 0.6) is 0 Å². The molecule has 1 aromatic carbocycles. The summed E-state index contributed by atoms with van der Waals surface area (Å²) in [5.74, 6) is 2.35. The third-order valence-corrected chi connectivity index (χ3v) is 1.39. The average molecular weight is 175 g/mol. The number of isocyanates is 1. The number of aliphatic imine (C=N–C) groups is 1. The number of carbonyl (C=O) groups excluding carboxylic acids is 1. The summed E-state index contributed by atoms with van der Waals surface area (Å²) in [6.07, 6.45) is 1.75. The minimum absolute atomic E-state index is 0.275. The molecule has 0 spiro atoms. The molecule has 0 fully saturated rings. The van der Waals surface area contributed by atoms with Gasteiger partial charge in [0.2, 0.25) is 6.08 Å². The van der Waals surface area contributed by atoms with Crippen LogP contribution in [0.15, 0.2) is 29.3 Å². The molecule has 1 aromatic rings. The number of hydrogen-bond donors (Lipinski definition) is 0. The van der Waals surface area contributed by atoms with E-state index in [-0.39, 0.29) is 5.82 Å². The highest BCUT2D eigenvalue weighted by Crippen LogP contribution is 2.02. The van der Waals surface area contributed by atoms with Gasteiger partial charge in [-0.15, -0.1) is 4.99 Å². The second kappa shape index (κ2) is 4.87. The summed E-state index contributed by atoms with van der Waals surface area (Å²) in [7, 11) is 0. The van der Waals surface area contributed by atoms with Crippen molar-refractivity contribution in [2.75, 3.05) is 0 Å². The molecule has 2 nitrogen and oxygen atoms in total. The molecule has 0 heterocycles. The van der Waals surface area contributed by atoms with Crippen molar-refractivity contribution in [1.82, 2.24) is 0 Å². The van der Waals surface area contributed by atoms with E-state index in [1.807, 2.05) is 0 Å². The summed E-state index contributed by atoms with van der Waals surface area (Å²) in [6.45, 7) is 0. The summed E-state index contributed by atoms with van der Waals surface area (Å²) >= 11 is 0. The van der Waals surface area contributed by atoms with E-state index in [0.29, 0.717) is 6.42 Å². The molecule has 0 saturated carbocycles. The summed E-state index contributed by atoms with van der Waals surface area (Å²) < 4.78 is 12.4. The molecule has 0 aliphatic heterocycles. The molecule has 0 aliphatic carbocycles. The van der Waals surface area contributed by atoms with E-state index in [9.17, 15) is 9.18 Å². The SMILES string of the molecule is O=C=NC#CCc1ccc(F)cc1. The number of benzene rings is 1. The van der Waals surface area contributed by atoms with Gasteiger partial charge in [0.25, 0.3) is 0 Å². The summed E-state index contributed by atoms with van der Waals surface area (Å²) in [4.78, 5) is 12.7. The molecule has 0 aromatic heterocycles. The third kappa shape index (κ3) is 3.33. The zero-order valence-electron chi connectivity index (χ0n) is 6.75. The maximum absolute atomic E-state index is 12.4. The number of halogens is 1. The van der Waals surface area contributed by atoms with E-state index in [4.69, 9.17) is 0 Å². The smallest absolute Gasteiger partial charge is 0.210 e. The second-order valence-electron chi connectivity index (χ2n) is 2.29. The van der Waals surface area contributed by atoms with E-state index in [1.165, 1.54) is 18.2 Å². The largest absolute Gasteiger partial charge is 0.249 e. The van der Waals surface area contributed by atoms with Gasteiger partial charge in [-0.2, -0.15) is 0 Å². The molecule has 0 N–H and O–H groups in total. The lowest BCUT2D eigenvalue weighted by atomic mass is 10.2. The molecule has 64 valence electrons. The zero-order chi connectivity index (χ0) is 9.52. The maximum atomic E-state index is 12.4. The van der Waals surface area contributed by atoms with Gasteiger partial charge in [-0.3, -0.25) is 0 Å². The Morgan fingerprint density at radius 2 is 2.00 bits per heavy atom. The van der Waals surface area contributed by atoms with Gasteiger partial charge in [0.1, 0.15) is 5.82 Å². The normalized spacial score (nSPS) is 8.08. The molecule has 0 radical (unpaired) electrons. The highest BCUT2D eigenvalue weighted by Gasteiger charge is 1.89. The van der Waals surface area contributed by atoms with Crippen LogP contribution in [-0.2, 0) is 11.2 Å². The first-order valence-corrected chi connectivity index (χ1v) is 3.62. The fraction of sp³-hybridized carbons (Fsp3) is 0.100. The molecule has 13 heavy (non-hydrogen) atoms. The lowest BCUT2D eigenvalue weighted by molar-refractivity contribution is 0.565. The van der Waals surface area contributed by atoms with Gasteiger partial charge in [0.05, 0.1) is 0 Å². The van der Waals surface area contributed by atoms with Gasteiger partial charge in [-0.1, -0.05) is 18.1 Å². The lowest BCUT2D eigenvalue weighted by Gasteiger charge is -1.92. The van der Waals surface area contributed by atoms with Crippen LogP contribution in [0.25, 0.3) is 0 Å². The summed E-state index contributed by atoms with van der Waals surface area (Å²) in [5, 5.41) is 0. The number of hydrogen-bond acceptors (Lipinski definition) is 2. The summed E-state index contributed by atoms with van der Waals surface area (Å²) in [6, 6.07) is 8.25. The number of rotatable bonds is 1. The number of nitrogens with zero attached hydrogens (tertiary/aromatic N) is 1. The first-order chi connectivity index (χ1) is 6.33. The van der Waals surface area contributed by atoms with E-state index < -0.39 is 0 Å². The first kappa shape index (κ1) is 9.18. The van der Waals surface area contributed by atoms with Crippen molar-refractivity contribution in [1.29, 1.82) is 0 Å². The van der Waals surface area contributed by atoms with Gasteiger partial charge in [0, 0.05) is 12.5 Å². The van der Waals surface area contributed by atoms with Crippen LogP contribution in [0.3, 0.4) is 0 Å². The molecule has 1 rings (SSSR count). The van der Waals surface area contributed by atoms with Crippen molar-refractivity contribution in [3.05, 3.63) is 35.6 Å². The lowest BCUT2D eigenvalue weighted by Crippen LogP contribution is -1.81. The van der Waals surface area contributed by atoms with Crippen LogP contribution in [0.2, 0.25) is 0 Å². The average Bonchev–Trinajstić information content (AvgIpc) is 2.15. The highest BCUT2D eigenvalue weighted by molar-refractivity contribution is 5.36. The Labute approximate surface area is 75.1 Å². The monoisotopic (exact) mass is 175 g/mol. The molecule has 0 saturated heterocycles. The Kier molecular flexibility index (Phi) is 3.44. The van der Waals surface area contributed by atoms with Gasteiger partial charge in [-0.25, -0.2) is 9.18 Å². The Bertz CT molecular complexity index is 380. The van der Waals surface area contributed by atoms with Gasteiger partial charge in [0.15, 0.2) is 0 Å². The molecule has 0 bridgehead atoms. The quantitative estimate of drug-likeness (QED) is 0.362. The summed E-state index contributed by atoms with van der Waals surface area (Å²) in [5.41, 5.74) is 0.884. The third-order valence-electron chi connectivity index (χ3n) is 1.39. The van der Waals surface area contributed by atoms with Crippen molar-refractivity contribution >= 4 is 6.08 Å². The molecular weight excluding hydrogens is 169 g/mol. The van der Waals surface area contributed by atoms with E-state index in [1.54, 1.807) is 12.1 Å². The van der Waals surface area contributed by atoms with E-state index >= 15 is 0 Å². The molecule has 0 amide bonds. The fourth-order valence-electron chi connectivity index (χ4n) is 0.806. The minimum atomic E-state index is -0.275. The predicted molar refractivity (Wildman–Crippen MR) is 46.0 cm³/mol. The topological polar surface area (TPSA) is 29.4 Å². The zero-order valence-corrected chi connectivity index (χ0v) is 6.75.